The predicted molar refractivity (Wildman–Crippen MR) is 65.1 cm³/mol. The summed E-state index contributed by atoms with van der Waals surface area (Å²) >= 11 is 3.42. The molecule has 0 amide bonds. The van der Waals surface area contributed by atoms with E-state index in [1.165, 1.54) is 0 Å². The zero-order valence-corrected chi connectivity index (χ0v) is 10.3. The normalized spacial score (nSPS) is 10.9. The second-order valence-corrected chi connectivity index (χ2v) is 4.31. The third-order valence-electron chi connectivity index (χ3n) is 2.35. The molecule has 0 aromatic carbocycles. The van der Waals surface area contributed by atoms with Crippen LogP contribution in [0.2, 0.25) is 0 Å². The van der Waals surface area contributed by atoms with Gasteiger partial charge in [0.2, 0.25) is 0 Å². The fourth-order valence-electron chi connectivity index (χ4n) is 1.50. The molecule has 2 rings (SSSR count). The van der Waals surface area contributed by atoms with Crippen LogP contribution in [0.15, 0.2) is 22.9 Å². The van der Waals surface area contributed by atoms with Gasteiger partial charge in [-0.3, -0.25) is 4.40 Å². The highest BCUT2D eigenvalue weighted by atomic mass is 79.9. The van der Waals surface area contributed by atoms with Crippen LogP contribution in [0.3, 0.4) is 0 Å². The number of aromatic nitrogens is 2. The van der Waals surface area contributed by atoms with Crippen LogP contribution < -0.4 is 10.6 Å². The van der Waals surface area contributed by atoms with Crippen molar-refractivity contribution >= 4 is 27.1 Å². The molecule has 0 fully saturated rings. The Hall–Kier alpha value is -1.07. The molecule has 0 bridgehead atoms. The maximum Gasteiger partial charge on any atom is 0.132 e. The number of nitrogens with zero attached hydrogens (tertiary/aromatic N) is 3. The van der Waals surface area contributed by atoms with Crippen LogP contribution in [-0.4, -0.2) is 23.5 Å². The van der Waals surface area contributed by atoms with Gasteiger partial charge < -0.3 is 10.6 Å². The first-order valence-corrected chi connectivity index (χ1v) is 5.46. The van der Waals surface area contributed by atoms with E-state index in [0.29, 0.717) is 6.54 Å². The quantitative estimate of drug-likeness (QED) is 0.901. The van der Waals surface area contributed by atoms with Crippen LogP contribution >= 0.6 is 15.9 Å². The first kappa shape index (κ1) is 10.4. The van der Waals surface area contributed by atoms with Crippen LogP contribution in [0.1, 0.15) is 5.82 Å². The monoisotopic (exact) mass is 268 g/mol. The molecule has 0 saturated heterocycles. The highest BCUT2D eigenvalue weighted by Crippen LogP contribution is 2.22. The average molecular weight is 269 g/mol. The zero-order valence-electron chi connectivity index (χ0n) is 8.74. The van der Waals surface area contributed by atoms with E-state index in [-0.39, 0.29) is 0 Å². The van der Waals surface area contributed by atoms with Crippen molar-refractivity contribution in [1.29, 1.82) is 0 Å². The van der Waals surface area contributed by atoms with E-state index >= 15 is 0 Å². The summed E-state index contributed by atoms with van der Waals surface area (Å²) < 4.78 is 2.85. The minimum Gasteiger partial charge on any atom is -0.376 e. The van der Waals surface area contributed by atoms with Crippen molar-refractivity contribution in [3.63, 3.8) is 0 Å². The number of nitrogens with two attached hydrogens (primary N) is 1. The van der Waals surface area contributed by atoms with Gasteiger partial charge in [0.1, 0.15) is 10.4 Å². The van der Waals surface area contributed by atoms with E-state index < -0.39 is 0 Å². The maximum atomic E-state index is 5.64. The van der Waals surface area contributed by atoms with Gasteiger partial charge in [0.25, 0.3) is 0 Å². The molecule has 4 nitrogen and oxygen atoms in total. The van der Waals surface area contributed by atoms with Crippen LogP contribution in [0.5, 0.6) is 0 Å². The molecule has 15 heavy (non-hydrogen) atoms. The Morgan fingerprint density at radius 3 is 2.80 bits per heavy atom. The lowest BCUT2D eigenvalue weighted by Crippen LogP contribution is -2.10. The molecule has 0 saturated carbocycles. The van der Waals surface area contributed by atoms with Gasteiger partial charge in [0.15, 0.2) is 0 Å². The van der Waals surface area contributed by atoms with E-state index in [2.05, 4.69) is 27.0 Å². The first-order valence-electron chi connectivity index (χ1n) is 4.67. The van der Waals surface area contributed by atoms with Gasteiger partial charge in [-0.2, -0.15) is 0 Å². The van der Waals surface area contributed by atoms with E-state index in [4.69, 9.17) is 5.73 Å². The summed E-state index contributed by atoms with van der Waals surface area (Å²) in [7, 11) is 4.02. The summed E-state index contributed by atoms with van der Waals surface area (Å²) in [5.74, 6) is 0.862. The third kappa shape index (κ3) is 1.72. The van der Waals surface area contributed by atoms with Crippen molar-refractivity contribution in [3.8, 4) is 0 Å². The maximum absolute atomic E-state index is 5.64. The summed E-state index contributed by atoms with van der Waals surface area (Å²) in [4.78, 5) is 6.39. The molecule has 5 heteroatoms. The largest absolute Gasteiger partial charge is 0.376 e. The van der Waals surface area contributed by atoms with Gasteiger partial charge in [-0.25, -0.2) is 4.98 Å². The fourth-order valence-corrected chi connectivity index (χ4v) is 2.03. The number of pyridine rings is 1. The molecule has 80 valence electrons. The molecule has 0 aliphatic heterocycles. The van der Waals surface area contributed by atoms with Crippen molar-refractivity contribution in [1.82, 2.24) is 9.38 Å². The van der Waals surface area contributed by atoms with Gasteiger partial charge in [0.05, 0.1) is 17.7 Å². The van der Waals surface area contributed by atoms with E-state index in [0.717, 1.165) is 21.6 Å². The smallest absolute Gasteiger partial charge is 0.132 e. The Kier molecular flexibility index (Phi) is 2.67. The molecule has 0 spiro atoms. The second kappa shape index (κ2) is 3.83. The number of rotatable bonds is 2. The number of halogens is 1. The molecule has 0 unspecified atom stereocenters. The van der Waals surface area contributed by atoms with E-state index in [9.17, 15) is 0 Å². The summed E-state index contributed by atoms with van der Waals surface area (Å²) in [5, 5.41) is 0. The minimum atomic E-state index is 0.434. The zero-order chi connectivity index (χ0) is 11.0. The standard InChI is InChI=1S/C10H13BrN4/c1-14(2)7-3-4-8-10(11)13-9(5-12)15(8)6-7/h3-4,6H,5,12H2,1-2H3. The van der Waals surface area contributed by atoms with Gasteiger partial charge in [0, 0.05) is 20.3 Å². The molecule has 0 aliphatic carbocycles. The molecular weight excluding hydrogens is 256 g/mol. The third-order valence-corrected chi connectivity index (χ3v) is 2.93. The Labute approximate surface area is 96.8 Å². The van der Waals surface area contributed by atoms with Crippen LogP contribution in [0.25, 0.3) is 5.52 Å². The lowest BCUT2D eigenvalue weighted by atomic mass is 10.3. The van der Waals surface area contributed by atoms with Crippen LogP contribution in [0.4, 0.5) is 5.69 Å². The number of fused-ring (bicyclic) bond motifs is 1. The van der Waals surface area contributed by atoms with Gasteiger partial charge in [-0.05, 0) is 28.1 Å². The van der Waals surface area contributed by atoms with Crippen molar-refractivity contribution in [3.05, 3.63) is 28.8 Å². The molecule has 0 radical (unpaired) electrons. The number of anilines is 1. The highest BCUT2D eigenvalue weighted by Gasteiger charge is 2.08. The number of hydrogen-bond donors (Lipinski definition) is 1. The fraction of sp³-hybridized carbons (Fsp3) is 0.300. The minimum absolute atomic E-state index is 0.434. The van der Waals surface area contributed by atoms with Gasteiger partial charge in [-0.1, -0.05) is 0 Å². The van der Waals surface area contributed by atoms with Crippen molar-refractivity contribution < 1.29 is 0 Å². The van der Waals surface area contributed by atoms with Crippen LogP contribution in [0, 0.1) is 0 Å². The van der Waals surface area contributed by atoms with Crippen molar-refractivity contribution in [2.75, 3.05) is 19.0 Å². The summed E-state index contributed by atoms with van der Waals surface area (Å²) in [5.41, 5.74) is 7.81. The molecule has 0 aliphatic rings. The molecule has 2 heterocycles. The molecular formula is C10H13BrN4. The number of imidazole rings is 1. The van der Waals surface area contributed by atoms with Gasteiger partial charge in [-0.15, -0.1) is 0 Å². The highest BCUT2D eigenvalue weighted by molar-refractivity contribution is 9.10. The first-order chi connectivity index (χ1) is 7.13. The molecule has 2 aromatic rings. The van der Waals surface area contributed by atoms with E-state index in [1.807, 2.05) is 35.7 Å². The lowest BCUT2D eigenvalue weighted by Gasteiger charge is -2.12. The average Bonchev–Trinajstić information content (AvgIpc) is 2.55. The number of hydrogen-bond acceptors (Lipinski definition) is 3. The van der Waals surface area contributed by atoms with Gasteiger partial charge >= 0.3 is 0 Å². The Balaban J connectivity index is 2.68. The molecule has 2 aromatic heterocycles. The molecule has 0 atom stereocenters. The summed E-state index contributed by atoms with van der Waals surface area (Å²) in [6, 6.07) is 4.09. The summed E-state index contributed by atoms with van der Waals surface area (Å²) in [6.07, 6.45) is 2.04. The Morgan fingerprint density at radius 2 is 2.20 bits per heavy atom. The summed E-state index contributed by atoms with van der Waals surface area (Å²) in [6.45, 7) is 0.434. The topological polar surface area (TPSA) is 46.6 Å². The van der Waals surface area contributed by atoms with Crippen LogP contribution in [-0.2, 0) is 6.54 Å². The SMILES string of the molecule is CN(C)c1ccc2c(Br)nc(CN)n2c1. The lowest BCUT2D eigenvalue weighted by molar-refractivity contribution is 0.898. The predicted octanol–water partition coefficient (Wildman–Crippen LogP) is 1.62. The Morgan fingerprint density at radius 1 is 1.47 bits per heavy atom. The Bertz CT molecular complexity index is 489. The van der Waals surface area contributed by atoms with Crippen molar-refractivity contribution in [2.24, 2.45) is 5.73 Å². The van der Waals surface area contributed by atoms with Crippen molar-refractivity contribution in [2.45, 2.75) is 6.54 Å². The van der Waals surface area contributed by atoms with E-state index in [1.54, 1.807) is 0 Å². The second-order valence-electron chi connectivity index (χ2n) is 3.56. The molecule has 2 N–H and O–H groups in total.